The van der Waals surface area contributed by atoms with Crippen molar-refractivity contribution < 1.29 is 19.0 Å². The standard InChI is InChI=1S/C17H21NO4/c1-11-4-7-16(22-11)17(3,19)9-18-12(2)13-5-6-14-15(8-13)21-10-20-14/h4-8,12,18-19H,9-10H2,1-3H3. The molecule has 2 aromatic rings. The van der Waals surface area contributed by atoms with E-state index in [0.29, 0.717) is 12.3 Å². The van der Waals surface area contributed by atoms with Crippen LogP contribution in [0.2, 0.25) is 0 Å². The highest BCUT2D eigenvalue weighted by molar-refractivity contribution is 5.45. The van der Waals surface area contributed by atoms with Gasteiger partial charge in [-0.1, -0.05) is 6.07 Å². The molecule has 5 nitrogen and oxygen atoms in total. The number of aryl methyl sites for hydroxylation is 1. The number of fused-ring (bicyclic) bond motifs is 1. The van der Waals surface area contributed by atoms with Gasteiger partial charge in [0.05, 0.1) is 0 Å². The number of hydrogen-bond acceptors (Lipinski definition) is 5. The molecule has 1 aliphatic rings. The number of rotatable bonds is 5. The molecular formula is C17H21NO4. The first kappa shape index (κ1) is 14.9. The zero-order valence-corrected chi connectivity index (χ0v) is 13.1. The quantitative estimate of drug-likeness (QED) is 0.889. The normalized spacial score (nSPS) is 17.3. The summed E-state index contributed by atoms with van der Waals surface area (Å²) >= 11 is 0. The molecule has 0 saturated carbocycles. The SMILES string of the molecule is Cc1ccc(C(C)(O)CNC(C)c2ccc3c(c2)OCO3)o1. The highest BCUT2D eigenvalue weighted by Gasteiger charge is 2.27. The average Bonchev–Trinajstić information content (AvgIpc) is 3.12. The molecule has 1 aromatic heterocycles. The predicted molar refractivity (Wildman–Crippen MR) is 82.0 cm³/mol. The Labute approximate surface area is 129 Å². The van der Waals surface area contributed by atoms with Crippen LogP contribution >= 0.6 is 0 Å². The third-order valence-corrected chi connectivity index (χ3v) is 3.92. The van der Waals surface area contributed by atoms with Crippen molar-refractivity contribution in [2.75, 3.05) is 13.3 Å². The summed E-state index contributed by atoms with van der Waals surface area (Å²) < 4.78 is 16.2. The molecule has 0 radical (unpaired) electrons. The van der Waals surface area contributed by atoms with Gasteiger partial charge in [0, 0.05) is 12.6 Å². The van der Waals surface area contributed by atoms with E-state index < -0.39 is 5.60 Å². The van der Waals surface area contributed by atoms with Crippen molar-refractivity contribution >= 4 is 0 Å². The summed E-state index contributed by atoms with van der Waals surface area (Å²) in [6, 6.07) is 9.59. The van der Waals surface area contributed by atoms with Crippen molar-refractivity contribution in [3.8, 4) is 11.5 Å². The Bertz CT molecular complexity index is 662. The summed E-state index contributed by atoms with van der Waals surface area (Å²) in [6.07, 6.45) is 0. The maximum Gasteiger partial charge on any atom is 0.231 e. The lowest BCUT2D eigenvalue weighted by atomic mass is 10.0. The van der Waals surface area contributed by atoms with Crippen LogP contribution in [0.1, 0.15) is 37.0 Å². The van der Waals surface area contributed by atoms with Crippen LogP contribution in [0.4, 0.5) is 0 Å². The van der Waals surface area contributed by atoms with Gasteiger partial charge in [-0.25, -0.2) is 0 Å². The van der Waals surface area contributed by atoms with Gasteiger partial charge >= 0.3 is 0 Å². The Hall–Kier alpha value is -1.98. The van der Waals surface area contributed by atoms with Crippen LogP contribution in [0.25, 0.3) is 0 Å². The summed E-state index contributed by atoms with van der Waals surface area (Å²) in [5, 5.41) is 13.9. The van der Waals surface area contributed by atoms with E-state index in [1.165, 1.54) is 0 Å². The maximum atomic E-state index is 10.5. The molecule has 0 spiro atoms. The zero-order valence-electron chi connectivity index (χ0n) is 13.1. The minimum atomic E-state index is -1.06. The van der Waals surface area contributed by atoms with Crippen LogP contribution in [0.5, 0.6) is 11.5 Å². The van der Waals surface area contributed by atoms with Crippen molar-refractivity contribution in [3.63, 3.8) is 0 Å². The van der Waals surface area contributed by atoms with Crippen molar-refractivity contribution in [1.29, 1.82) is 0 Å². The number of ether oxygens (including phenoxy) is 2. The molecule has 118 valence electrons. The van der Waals surface area contributed by atoms with Crippen molar-refractivity contribution in [3.05, 3.63) is 47.4 Å². The van der Waals surface area contributed by atoms with Crippen molar-refractivity contribution in [2.24, 2.45) is 0 Å². The average molecular weight is 303 g/mol. The number of nitrogens with one attached hydrogen (secondary N) is 1. The number of furan rings is 1. The molecule has 3 rings (SSSR count). The molecule has 2 heterocycles. The highest BCUT2D eigenvalue weighted by Crippen LogP contribution is 2.34. The topological polar surface area (TPSA) is 63.9 Å². The zero-order chi connectivity index (χ0) is 15.7. The Kier molecular flexibility index (Phi) is 3.85. The van der Waals surface area contributed by atoms with E-state index in [4.69, 9.17) is 13.9 Å². The molecule has 2 atom stereocenters. The fraction of sp³-hybridized carbons (Fsp3) is 0.412. The van der Waals surface area contributed by atoms with E-state index in [9.17, 15) is 5.11 Å². The van der Waals surface area contributed by atoms with Gasteiger partial charge in [0.25, 0.3) is 0 Å². The Balaban J connectivity index is 1.65. The number of aliphatic hydroxyl groups is 1. The van der Waals surface area contributed by atoms with Crippen LogP contribution in [-0.4, -0.2) is 18.4 Å². The highest BCUT2D eigenvalue weighted by atomic mass is 16.7. The van der Waals surface area contributed by atoms with Crippen LogP contribution in [0.15, 0.2) is 34.7 Å². The Morgan fingerprint density at radius 1 is 1.23 bits per heavy atom. The van der Waals surface area contributed by atoms with E-state index in [2.05, 4.69) is 5.32 Å². The summed E-state index contributed by atoms with van der Waals surface area (Å²) in [5.74, 6) is 2.89. The second-order valence-corrected chi connectivity index (χ2v) is 5.90. The first-order valence-corrected chi connectivity index (χ1v) is 7.38. The summed E-state index contributed by atoms with van der Waals surface area (Å²) in [7, 11) is 0. The molecule has 1 aromatic carbocycles. The van der Waals surface area contributed by atoms with Gasteiger partial charge < -0.3 is 24.3 Å². The number of benzene rings is 1. The van der Waals surface area contributed by atoms with Gasteiger partial charge in [-0.2, -0.15) is 0 Å². The molecule has 0 bridgehead atoms. The van der Waals surface area contributed by atoms with Gasteiger partial charge in [-0.05, 0) is 50.6 Å². The molecule has 0 fully saturated rings. The maximum absolute atomic E-state index is 10.5. The van der Waals surface area contributed by atoms with Gasteiger partial charge in [-0.3, -0.25) is 0 Å². The largest absolute Gasteiger partial charge is 0.463 e. The van der Waals surface area contributed by atoms with Crippen LogP contribution < -0.4 is 14.8 Å². The minimum absolute atomic E-state index is 0.0667. The fourth-order valence-electron chi connectivity index (χ4n) is 2.46. The summed E-state index contributed by atoms with van der Waals surface area (Å²) in [4.78, 5) is 0. The Morgan fingerprint density at radius 2 is 2.00 bits per heavy atom. The molecule has 2 unspecified atom stereocenters. The van der Waals surface area contributed by atoms with Gasteiger partial charge in [-0.15, -0.1) is 0 Å². The lowest BCUT2D eigenvalue weighted by Crippen LogP contribution is -2.36. The molecule has 5 heteroatoms. The third-order valence-electron chi connectivity index (χ3n) is 3.92. The van der Waals surface area contributed by atoms with Crippen molar-refractivity contribution in [2.45, 2.75) is 32.4 Å². The van der Waals surface area contributed by atoms with E-state index in [0.717, 1.165) is 22.8 Å². The molecule has 0 amide bonds. The minimum Gasteiger partial charge on any atom is -0.463 e. The smallest absolute Gasteiger partial charge is 0.231 e. The first-order chi connectivity index (χ1) is 10.5. The first-order valence-electron chi connectivity index (χ1n) is 7.38. The molecule has 2 N–H and O–H groups in total. The lowest BCUT2D eigenvalue weighted by Gasteiger charge is -2.24. The molecule has 22 heavy (non-hydrogen) atoms. The second-order valence-electron chi connectivity index (χ2n) is 5.90. The van der Waals surface area contributed by atoms with E-state index in [-0.39, 0.29) is 12.8 Å². The van der Waals surface area contributed by atoms with E-state index >= 15 is 0 Å². The summed E-state index contributed by atoms with van der Waals surface area (Å²) in [5.41, 5.74) is 0.0226. The molecule has 0 saturated heterocycles. The van der Waals surface area contributed by atoms with Crippen LogP contribution in [0.3, 0.4) is 0 Å². The van der Waals surface area contributed by atoms with Gasteiger partial charge in [0.15, 0.2) is 11.5 Å². The third kappa shape index (κ3) is 2.96. The monoisotopic (exact) mass is 303 g/mol. The second kappa shape index (κ2) is 5.66. The number of hydrogen-bond donors (Lipinski definition) is 2. The molecular weight excluding hydrogens is 282 g/mol. The van der Waals surface area contributed by atoms with Crippen LogP contribution in [0, 0.1) is 6.92 Å². The Morgan fingerprint density at radius 3 is 2.73 bits per heavy atom. The van der Waals surface area contributed by atoms with E-state index in [1.807, 2.05) is 44.2 Å². The molecule has 0 aliphatic carbocycles. The van der Waals surface area contributed by atoms with Gasteiger partial charge in [0.2, 0.25) is 6.79 Å². The van der Waals surface area contributed by atoms with Crippen LogP contribution in [-0.2, 0) is 5.60 Å². The van der Waals surface area contributed by atoms with E-state index in [1.54, 1.807) is 6.92 Å². The summed E-state index contributed by atoms with van der Waals surface area (Å²) in [6.45, 7) is 6.30. The fourth-order valence-corrected chi connectivity index (χ4v) is 2.46. The van der Waals surface area contributed by atoms with Gasteiger partial charge in [0.1, 0.15) is 17.1 Å². The molecule has 1 aliphatic heterocycles. The van der Waals surface area contributed by atoms with Crippen molar-refractivity contribution in [1.82, 2.24) is 5.32 Å². The lowest BCUT2D eigenvalue weighted by molar-refractivity contribution is 0.0313. The predicted octanol–water partition coefficient (Wildman–Crippen LogP) is 2.88.